The highest BCUT2D eigenvalue weighted by Gasteiger charge is 2.15. The molecular formula is C17H26N4O2S. The van der Waals surface area contributed by atoms with Crippen molar-refractivity contribution in [1.29, 1.82) is 5.26 Å². The van der Waals surface area contributed by atoms with Crippen LogP contribution in [0.2, 0.25) is 0 Å². The lowest BCUT2D eigenvalue weighted by molar-refractivity contribution is 0.181. The molecule has 0 saturated carbocycles. The van der Waals surface area contributed by atoms with Crippen LogP contribution in [0.5, 0.6) is 0 Å². The fourth-order valence-electron chi connectivity index (χ4n) is 3.12. The highest BCUT2D eigenvalue weighted by Crippen LogP contribution is 2.19. The summed E-state index contributed by atoms with van der Waals surface area (Å²) < 4.78 is 22.7. The van der Waals surface area contributed by atoms with Crippen LogP contribution in [-0.2, 0) is 10.0 Å². The summed E-state index contributed by atoms with van der Waals surface area (Å²) in [6.45, 7) is 6.57. The molecule has 0 radical (unpaired) electrons. The number of hydrogen-bond donors (Lipinski definition) is 2. The van der Waals surface area contributed by atoms with Gasteiger partial charge in [0.15, 0.2) is 0 Å². The average molecular weight is 350 g/mol. The Kier molecular flexibility index (Phi) is 6.60. The smallest absolute Gasteiger partial charge is 0.238 e. The first-order valence-corrected chi connectivity index (χ1v) is 9.98. The van der Waals surface area contributed by atoms with Crippen molar-refractivity contribution in [2.75, 3.05) is 31.5 Å². The molecule has 1 heterocycles. The number of nitriles is 1. The van der Waals surface area contributed by atoms with Crippen molar-refractivity contribution in [3.05, 3.63) is 23.8 Å². The third-order valence-corrected chi connectivity index (χ3v) is 5.31. The van der Waals surface area contributed by atoms with Gasteiger partial charge in [-0.15, -0.1) is 0 Å². The predicted molar refractivity (Wildman–Crippen MR) is 95.1 cm³/mol. The van der Waals surface area contributed by atoms with Crippen LogP contribution < -0.4 is 10.5 Å². The number of rotatable bonds is 7. The van der Waals surface area contributed by atoms with Gasteiger partial charge in [-0.05, 0) is 62.9 Å². The van der Waals surface area contributed by atoms with Gasteiger partial charge in [-0.3, -0.25) is 0 Å². The van der Waals surface area contributed by atoms with E-state index in [4.69, 9.17) is 5.14 Å². The molecule has 132 valence electrons. The van der Waals surface area contributed by atoms with E-state index >= 15 is 0 Å². The fourth-order valence-corrected chi connectivity index (χ4v) is 3.66. The first-order chi connectivity index (χ1) is 11.4. The Morgan fingerprint density at radius 2 is 2.21 bits per heavy atom. The lowest BCUT2D eigenvalue weighted by Crippen LogP contribution is -2.35. The molecule has 1 unspecified atom stereocenters. The number of nitrogens with one attached hydrogen (secondary N) is 1. The first-order valence-electron chi connectivity index (χ1n) is 8.43. The van der Waals surface area contributed by atoms with E-state index in [1.54, 1.807) is 6.07 Å². The van der Waals surface area contributed by atoms with Gasteiger partial charge >= 0.3 is 0 Å². The molecule has 1 saturated heterocycles. The average Bonchev–Trinajstić information content (AvgIpc) is 2.53. The third-order valence-electron chi connectivity index (χ3n) is 4.40. The Bertz CT molecular complexity index is 697. The third kappa shape index (κ3) is 5.48. The van der Waals surface area contributed by atoms with Crippen molar-refractivity contribution in [3.8, 4) is 6.07 Å². The van der Waals surface area contributed by atoms with Crippen LogP contribution >= 0.6 is 0 Å². The molecule has 1 atom stereocenters. The van der Waals surface area contributed by atoms with Crippen LogP contribution in [0.4, 0.5) is 5.69 Å². The molecule has 0 spiro atoms. The summed E-state index contributed by atoms with van der Waals surface area (Å²) in [6.07, 6.45) is 4.74. The van der Waals surface area contributed by atoms with Crippen molar-refractivity contribution < 1.29 is 8.42 Å². The second-order valence-corrected chi connectivity index (χ2v) is 8.11. The molecule has 6 nitrogen and oxygen atoms in total. The van der Waals surface area contributed by atoms with Crippen molar-refractivity contribution in [3.63, 3.8) is 0 Å². The quantitative estimate of drug-likeness (QED) is 0.734. The second kappa shape index (κ2) is 8.47. The van der Waals surface area contributed by atoms with E-state index in [1.165, 1.54) is 38.1 Å². The Labute approximate surface area is 144 Å². The molecule has 1 aliphatic heterocycles. The van der Waals surface area contributed by atoms with Gasteiger partial charge in [-0.1, -0.05) is 6.92 Å². The molecule has 7 heteroatoms. The highest BCUT2D eigenvalue weighted by molar-refractivity contribution is 7.89. The summed E-state index contributed by atoms with van der Waals surface area (Å²) in [6, 6.07) is 6.35. The number of anilines is 1. The lowest BCUT2D eigenvalue weighted by Gasteiger charge is -2.30. The lowest BCUT2D eigenvalue weighted by atomic mass is 10.0. The SMILES string of the molecule is CC1CCCN(CCCCNc2ccc(S(N)(=O)=O)cc2C#N)C1. The van der Waals surface area contributed by atoms with Crippen LogP contribution in [0.1, 0.15) is 38.2 Å². The minimum absolute atomic E-state index is 0.0381. The largest absolute Gasteiger partial charge is 0.384 e. The summed E-state index contributed by atoms with van der Waals surface area (Å²) >= 11 is 0. The van der Waals surface area contributed by atoms with Gasteiger partial charge < -0.3 is 10.2 Å². The number of unbranched alkanes of at least 4 members (excludes halogenated alkanes) is 1. The maximum Gasteiger partial charge on any atom is 0.238 e. The summed E-state index contributed by atoms with van der Waals surface area (Å²) in [4.78, 5) is 2.49. The Hall–Kier alpha value is -1.62. The number of primary sulfonamides is 1. The second-order valence-electron chi connectivity index (χ2n) is 6.55. The predicted octanol–water partition coefficient (Wildman–Crippen LogP) is 2.13. The topological polar surface area (TPSA) is 99.2 Å². The molecule has 0 aromatic heterocycles. The molecule has 0 bridgehead atoms. The summed E-state index contributed by atoms with van der Waals surface area (Å²) in [7, 11) is -3.78. The van der Waals surface area contributed by atoms with E-state index in [2.05, 4.69) is 17.1 Å². The molecule has 24 heavy (non-hydrogen) atoms. The Morgan fingerprint density at radius 3 is 2.88 bits per heavy atom. The van der Waals surface area contributed by atoms with Crippen LogP contribution in [0.25, 0.3) is 0 Å². The van der Waals surface area contributed by atoms with Crippen molar-refractivity contribution in [1.82, 2.24) is 4.90 Å². The van der Waals surface area contributed by atoms with Gasteiger partial charge in [0.2, 0.25) is 10.0 Å². The summed E-state index contributed by atoms with van der Waals surface area (Å²) in [5.41, 5.74) is 0.947. The molecule has 1 aromatic carbocycles. The van der Waals surface area contributed by atoms with Crippen molar-refractivity contribution in [2.45, 2.75) is 37.5 Å². The molecule has 3 N–H and O–H groups in total. The van der Waals surface area contributed by atoms with E-state index < -0.39 is 10.0 Å². The van der Waals surface area contributed by atoms with Crippen LogP contribution in [0.15, 0.2) is 23.1 Å². The minimum Gasteiger partial charge on any atom is -0.384 e. The number of nitrogens with two attached hydrogens (primary N) is 1. The van der Waals surface area contributed by atoms with E-state index in [9.17, 15) is 13.7 Å². The van der Waals surface area contributed by atoms with Gasteiger partial charge in [0.05, 0.1) is 16.1 Å². The van der Waals surface area contributed by atoms with Crippen LogP contribution in [0.3, 0.4) is 0 Å². The van der Waals surface area contributed by atoms with E-state index in [0.29, 0.717) is 11.3 Å². The van der Waals surface area contributed by atoms with Crippen LogP contribution in [0, 0.1) is 17.2 Å². The molecule has 1 aliphatic rings. The fraction of sp³-hybridized carbons (Fsp3) is 0.588. The number of sulfonamides is 1. The standard InChI is InChI=1S/C17H26N4O2S/c1-14-5-4-10-21(13-14)9-3-2-8-20-17-7-6-16(24(19,22)23)11-15(17)12-18/h6-7,11,14,20H,2-5,8-10,13H2,1H3,(H2,19,22,23). The molecular weight excluding hydrogens is 324 g/mol. The number of hydrogen-bond acceptors (Lipinski definition) is 5. The number of likely N-dealkylation sites (tertiary alicyclic amines) is 1. The van der Waals surface area contributed by atoms with Crippen LogP contribution in [-0.4, -0.2) is 39.5 Å². The van der Waals surface area contributed by atoms with E-state index in [0.717, 1.165) is 31.8 Å². The molecule has 1 fully saturated rings. The maximum absolute atomic E-state index is 11.3. The van der Waals surface area contributed by atoms with Crippen molar-refractivity contribution in [2.24, 2.45) is 11.1 Å². The highest BCUT2D eigenvalue weighted by atomic mass is 32.2. The van der Waals surface area contributed by atoms with Gasteiger partial charge in [0.1, 0.15) is 6.07 Å². The minimum atomic E-state index is -3.78. The van der Waals surface area contributed by atoms with E-state index in [-0.39, 0.29) is 4.90 Å². The van der Waals surface area contributed by atoms with Gasteiger partial charge in [-0.2, -0.15) is 5.26 Å². The zero-order valence-corrected chi connectivity index (χ0v) is 15.0. The van der Waals surface area contributed by atoms with Gasteiger partial charge in [0.25, 0.3) is 0 Å². The van der Waals surface area contributed by atoms with Crippen molar-refractivity contribution >= 4 is 15.7 Å². The Morgan fingerprint density at radius 1 is 1.42 bits per heavy atom. The maximum atomic E-state index is 11.3. The zero-order chi connectivity index (χ0) is 17.6. The Balaban J connectivity index is 1.79. The van der Waals surface area contributed by atoms with E-state index in [1.807, 2.05) is 6.07 Å². The number of nitrogens with zero attached hydrogens (tertiary/aromatic N) is 2. The monoisotopic (exact) mass is 350 g/mol. The number of benzene rings is 1. The normalized spacial score (nSPS) is 19.0. The summed E-state index contributed by atoms with van der Waals surface area (Å²) in [5.74, 6) is 0.799. The molecule has 0 aliphatic carbocycles. The summed E-state index contributed by atoms with van der Waals surface area (Å²) in [5, 5.41) is 17.5. The first kappa shape index (κ1) is 18.7. The molecule has 2 rings (SSSR count). The molecule has 1 aromatic rings. The van der Waals surface area contributed by atoms with Gasteiger partial charge in [0, 0.05) is 13.1 Å². The zero-order valence-electron chi connectivity index (χ0n) is 14.2. The number of piperidine rings is 1. The van der Waals surface area contributed by atoms with Gasteiger partial charge in [-0.25, -0.2) is 13.6 Å². The molecule has 0 amide bonds.